The Morgan fingerprint density at radius 1 is 1.24 bits per heavy atom. The van der Waals surface area contributed by atoms with Gasteiger partial charge in [-0.1, -0.05) is 13.8 Å². The van der Waals surface area contributed by atoms with Crippen molar-refractivity contribution in [3.05, 3.63) is 17.1 Å². The number of anilines is 1. The molecule has 0 aromatic carbocycles. The van der Waals surface area contributed by atoms with Crippen molar-refractivity contribution in [3.63, 3.8) is 0 Å². The Labute approximate surface area is 104 Å². The summed E-state index contributed by atoms with van der Waals surface area (Å²) in [5, 5.41) is 3.15. The van der Waals surface area contributed by atoms with Crippen LogP contribution in [0.15, 0.2) is 0 Å². The van der Waals surface area contributed by atoms with Crippen LogP contribution in [-0.4, -0.2) is 23.6 Å². The highest BCUT2D eigenvalue weighted by molar-refractivity contribution is 5.47. The summed E-state index contributed by atoms with van der Waals surface area (Å²) in [6.07, 6.45) is -0.0630. The van der Waals surface area contributed by atoms with Gasteiger partial charge in [-0.3, -0.25) is 0 Å². The number of hydrogen-bond acceptors (Lipinski definition) is 4. The SMILES string of the molecule is CCOC(C)c1nc(C)c(C(C)C)c(NC)n1. The molecule has 0 radical (unpaired) electrons. The van der Waals surface area contributed by atoms with Gasteiger partial charge in [-0.15, -0.1) is 0 Å². The van der Waals surface area contributed by atoms with Crippen molar-refractivity contribution in [2.24, 2.45) is 0 Å². The molecular weight excluding hydrogens is 214 g/mol. The first-order valence-corrected chi connectivity index (χ1v) is 6.19. The second-order valence-corrected chi connectivity index (χ2v) is 4.43. The van der Waals surface area contributed by atoms with Crippen LogP contribution in [0.3, 0.4) is 0 Å². The highest BCUT2D eigenvalue weighted by atomic mass is 16.5. The van der Waals surface area contributed by atoms with Crippen LogP contribution in [0.25, 0.3) is 0 Å². The minimum atomic E-state index is -0.0630. The van der Waals surface area contributed by atoms with Gasteiger partial charge in [-0.2, -0.15) is 0 Å². The number of rotatable bonds is 5. The molecule has 0 aliphatic carbocycles. The topological polar surface area (TPSA) is 47.0 Å². The summed E-state index contributed by atoms with van der Waals surface area (Å²) in [5.74, 6) is 2.07. The lowest BCUT2D eigenvalue weighted by Crippen LogP contribution is -2.12. The predicted molar refractivity (Wildman–Crippen MR) is 70.4 cm³/mol. The van der Waals surface area contributed by atoms with Crippen molar-refractivity contribution in [3.8, 4) is 0 Å². The van der Waals surface area contributed by atoms with Crippen molar-refractivity contribution in [1.29, 1.82) is 0 Å². The zero-order chi connectivity index (χ0) is 13.0. The Hall–Kier alpha value is -1.16. The van der Waals surface area contributed by atoms with Crippen LogP contribution in [-0.2, 0) is 4.74 Å². The predicted octanol–water partition coefficient (Wildman–Crippen LogP) is 3.05. The van der Waals surface area contributed by atoms with Gasteiger partial charge in [0.25, 0.3) is 0 Å². The number of nitrogens with one attached hydrogen (secondary N) is 1. The van der Waals surface area contributed by atoms with E-state index in [0.717, 1.165) is 17.3 Å². The van der Waals surface area contributed by atoms with Gasteiger partial charge in [-0.25, -0.2) is 9.97 Å². The molecule has 0 aliphatic rings. The molecule has 1 aromatic heterocycles. The normalized spacial score (nSPS) is 12.9. The van der Waals surface area contributed by atoms with E-state index < -0.39 is 0 Å². The summed E-state index contributed by atoms with van der Waals surface area (Å²) < 4.78 is 5.53. The minimum Gasteiger partial charge on any atom is -0.373 e. The van der Waals surface area contributed by atoms with Crippen molar-refractivity contribution in [2.75, 3.05) is 19.0 Å². The molecule has 0 spiro atoms. The molecule has 96 valence electrons. The van der Waals surface area contributed by atoms with E-state index in [1.54, 1.807) is 0 Å². The zero-order valence-corrected chi connectivity index (χ0v) is 11.7. The Kier molecular flexibility index (Phi) is 4.87. The maximum absolute atomic E-state index is 5.53. The summed E-state index contributed by atoms with van der Waals surface area (Å²) >= 11 is 0. The van der Waals surface area contributed by atoms with Crippen LogP contribution in [0.4, 0.5) is 5.82 Å². The van der Waals surface area contributed by atoms with Crippen LogP contribution in [0, 0.1) is 6.92 Å². The van der Waals surface area contributed by atoms with E-state index in [1.165, 1.54) is 5.56 Å². The summed E-state index contributed by atoms with van der Waals surface area (Å²) in [6.45, 7) is 11.0. The van der Waals surface area contributed by atoms with Crippen LogP contribution >= 0.6 is 0 Å². The highest BCUT2D eigenvalue weighted by Gasteiger charge is 2.16. The lowest BCUT2D eigenvalue weighted by atomic mass is 10.0. The fraction of sp³-hybridized carbons (Fsp3) is 0.692. The molecule has 1 atom stereocenters. The highest BCUT2D eigenvalue weighted by Crippen LogP contribution is 2.26. The van der Waals surface area contributed by atoms with E-state index in [1.807, 2.05) is 27.8 Å². The zero-order valence-electron chi connectivity index (χ0n) is 11.7. The minimum absolute atomic E-state index is 0.0630. The Morgan fingerprint density at radius 2 is 1.88 bits per heavy atom. The average Bonchev–Trinajstić information content (AvgIpc) is 2.27. The number of nitrogens with zero attached hydrogens (tertiary/aromatic N) is 2. The number of aryl methyl sites for hydroxylation is 1. The molecule has 17 heavy (non-hydrogen) atoms. The molecule has 0 aliphatic heterocycles. The molecule has 4 nitrogen and oxygen atoms in total. The number of ether oxygens (including phenoxy) is 1. The fourth-order valence-corrected chi connectivity index (χ4v) is 1.99. The Bertz CT molecular complexity index is 377. The maximum Gasteiger partial charge on any atom is 0.159 e. The first-order valence-electron chi connectivity index (χ1n) is 6.19. The first kappa shape index (κ1) is 13.9. The van der Waals surface area contributed by atoms with Crippen LogP contribution in [0.1, 0.15) is 56.8 Å². The molecule has 0 saturated carbocycles. The first-order chi connectivity index (χ1) is 8.01. The molecule has 1 heterocycles. The third kappa shape index (κ3) is 3.16. The second-order valence-electron chi connectivity index (χ2n) is 4.43. The molecular formula is C13H23N3O. The Morgan fingerprint density at radius 3 is 2.35 bits per heavy atom. The van der Waals surface area contributed by atoms with Crippen LogP contribution in [0.5, 0.6) is 0 Å². The molecule has 1 aromatic rings. The smallest absolute Gasteiger partial charge is 0.159 e. The molecule has 0 fully saturated rings. The lowest BCUT2D eigenvalue weighted by Gasteiger charge is -2.18. The average molecular weight is 237 g/mol. The van der Waals surface area contributed by atoms with Crippen molar-refractivity contribution >= 4 is 5.82 Å². The third-order valence-corrected chi connectivity index (χ3v) is 2.75. The van der Waals surface area contributed by atoms with Crippen LogP contribution in [0.2, 0.25) is 0 Å². The molecule has 4 heteroatoms. The molecule has 1 rings (SSSR count). The van der Waals surface area contributed by atoms with Gasteiger partial charge in [0.15, 0.2) is 5.82 Å². The van der Waals surface area contributed by atoms with E-state index in [9.17, 15) is 0 Å². The van der Waals surface area contributed by atoms with Crippen LogP contribution < -0.4 is 5.32 Å². The maximum atomic E-state index is 5.53. The van der Waals surface area contributed by atoms with E-state index in [0.29, 0.717) is 12.5 Å². The monoisotopic (exact) mass is 237 g/mol. The molecule has 1 unspecified atom stereocenters. The quantitative estimate of drug-likeness (QED) is 0.855. The summed E-state index contributed by atoms with van der Waals surface area (Å²) in [5.41, 5.74) is 2.21. The number of aromatic nitrogens is 2. The summed E-state index contributed by atoms with van der Waals surface area (Å²) in [4.78, 5) is 9.09. The van der Waals surface area contributed by atoms with E-state index in [4.69, 9.17) is 4.74 Å². The van der Waals surface area contributed by atoms with Crippen molar-refractivity contribution < 1.29 is 4.74 Å². The standard InChI is InChI=1S/C13H23N3O/c1-7-17-10(5)12-15-9(4)11(8(2)3)13(14-6)16-12/h8,10H,7H2,1-6H3,(H,14,15,16). The van der Waals surface area contributed by atoms with Crippen molar-refractivity contribution in [2.45, 2.75) is 46.6 Å². The van der Waals surface area contributed by atoms with Gasteiger partial charge in [0.2, 0.25) is 0 Å². The number of hydrogen-bond donors (Lipinski definition) is 1. The molecule has 0 saturated heterocycles. The fourth-order valence-electron chi connectivity index (χ4n) is 1.99. The van der Waals surface area contributed by atoms with Gasteiger partial charge >= 0.3 is 0 Å². The Balaban J connectivity index is 3.17. The lowest BCUT2D eigenvalue weighted by molar-refractivity contribution is 0.0700. The largest absolute Gasteiger partial charge is 0.373 e. The van der Waals surface area contributed by atoms with Gasteiger partial charge in [0, 0.05) is 24.9 Å². The van der Waals surface area contributed by atoms with E-state index in [-0.39, 0.29) is 6.10 Å². The van der Waals surface area contributed by atoms with Gasteiger partial charge in [0.05, 0.1) is 0 Å². The van der Waals surface area contributed by atoms with Gasteiger partial charge in [-0.05, 0) is 26.7 Å². The molecule has 0 bridgehead atoms. The van der Waals surface area contributed by atoms with Crippen molar-refractivity contribution in [1.82, 2.24) is 9.97 Å². The third-order valence-electron chi connectivity index (χ3n) is 2.75. The molecule has 0 amide bonds. The van der Waals surface area contributed by atoms with E-state index >= 15 is 0 Å². The molecule has 1 N–H and O–H groups in total. The van der Waals surface area contributed by atoms with Gasteiger partial charge in [0.1, 0.15) is 11.9 Å². The summed E-state index contributed by atoms with van der Waals surface area (Å²) in [7, 11) is 1.89. The van der Waals surface area contributed by atoms with E-state index in [2.05, 4.69) is 29.1 Å². The van der Waals surface area contributed by atoms with Gasteiger partial charge < -0.3 is 10.1 Å². The second kappa shape index (κ2) is 5.96. The summed E-state index contributed by atoms with van der Waals surface area (Å²) in [6, 6.07) is 0.